The van der Waals surface area contributed by atoms with Crippen molar-refractivity contribution in [3.63, 3.8) is 0 Å². The van der Waals surface area contributed by atoms with Crippen LogP contribution in [0.15, 0.2) is 12.3 Å². The topological polar surface area (TPSA) is 76.7 Å². The minimum absolute atomic E-state index is 0.266. The van der Waals surface area contributed by atoms with Crippen LogP contribution < -0.4 is 11.1 Å². The molecule has 0 saturated heterocycles. The van der Waals surface area contributed by atoms with E-state index >= 15 is 0 Å². The van der Waals surface area contributed by atoms with E-state index in [0.717, 1.165) is 18.0 Å². The molecule has 0 aromatic carbocycles. The molecule has 5 nitrogen and oxygen atoms in total. The molecule has 0 atom stereocenters. The Morgan fingerprint density at radius 3 is 3.06 bits per heavy atom. The van der Waals surface area contributed by atoms with E-state index in [9.17, 15) is 0 Å². The summed E-state index contributed by atoms with van der Waals surface area (Å²) in [6, 6.07) is 1.69. The molecule has 0 saturated carbocycles. The molecule has 0 bridgehead atoms. The number of aromatic nitrogens is 3. The number of anilines is 2. The third-order valence-electron chi connectivity index (χ3n) is 2.72. The summed E-state index contributed by atoms with van der Waals surface area (Å²) in [5.74, 6) is 0.479. The van der Waals surface area contributed by atoms with Gasteiger partial charge in [0.25, 0.3) is 0 Å². The Morgan fingerprint density at radius 2 is 2.28 bits per heavy atom. The molecule has 3 N–H and O–H groups in total. The SMILES string of the molecule is NC(=S)c1ccnc(Nc2nc3c(s2)CCC3)n1. The first-order valence-corrected chi connectivity index (χ1v) is 6.83. The second kappa shape index (κ2) is 4.58. The molecule has 92 valence electrons. The maximum Gasteiger partial charge on any atom is 0.229 e. The summed E-state index contributed by atoms with van der Waals surface area (Å²) in [5.41, 5.74) is 7.30. The summed E-state index contributed by atoms with van der Waals surface area (Å²) in [5, 5.41) is 3.93. The van der Waals surface area contributed by atoms with Gasteiger partial charge in [-0.1, -0.05) is 12.2 Å². The second-order valence-electron chi connectivity index (χ2n) is 4.00. The first-order chi connectivity index (χ1) is 8.72. The number of thiocarbonyl (C=S) groups is 1. The van der Waals surface area contributed by atoms with E-state index in [2.05, 4.69) is 20.3 Å². The van der Waals surface area contributed by atoms with Crippen molar-refractivity contribution in [1.82, 2.24) is 15.0 Å². The molecule has 0 spiro atoms. The van der Waals surface area contributed by atoms with E-state index in [1.165, 1.54) is 17.0 Å². The molecule has 0 unspecified atom stereocenters. The van der Waals surface area contributed by atoms with Crippen LogP contribution in [0.2, 0.25) is 0 Å². The smallest absolute Gasteiger partial charge is 0.229 e. The first-order valence-electron chi connectivity index (χ1n) is 5.61. The number of rotatable bonds is 3. The van der Waals surface area contributed by atoms with Gasteiger partial charge in [0.05, 0.1) is 5.69 Å². The molecule has 0 aliphatic heterocycles. The molecule has 7 heteroatoms. The molecule has 2 heterocycles. The van der Waals surface area contributed by atoms with Crippen molar-refractivity contribution in [1.29, 1.82) is 0 Å². The molecule has 1 aliphatic rings. The molecule has 18 heavy (non-hydrogen) atoms. The largest absolute Gasteiger partial charge is 0.388 e. The van der Waals surface area contributed by atoms with Crippen LogP contribution in [0.4, 0.5) is 11.1 Å². The Hall–Kier alpha value is -1.60. The number of fused-ring (bicyclic) bond motifs is 1. The van der Waals surface area contributed by atoms with Gasteiger partial charge in [0.15, 0.2) is 5.13 Å². The van der Waals surface area contributed by atoms with Crippen molar-refractivity contribution in [2.75, 3.05) is 5.32 Å². The number of nitrogens with one attached hydrogen (secondary N) is 1. The summed E-state index contributed by atoms with van der Waals surface area (Å²) in [4.78, 5) is 14.5. The molecule has 2 aromatic rings. The quantitative estimate of drug-likeness (QED) is 0.833. The van der Waals surface area contributed by atoms with E-state index in [0.29, 0.717) is 11.6 Å². The van der Waals surface area contributed by atoms with Gasteiger partial charge in [0, 0.05) is 11.1 Å². The Bertz CT molecular complexity index is 586. The Kier molecular flexibility index (Phi) is 2.92. The average Bonchev–Trinajstić information content (AvgIpc) is 2.90. The summed E-state index contributed by atoms with van der Waals surface area (Å²) in [7, 11) is 0. The fraction of sp³-hybridized carbons (Fsp3) is 0.273. The van der Waals surface area contributed by atoms with Gasteiger partial charge in [0.1, 0.15) is 10.7 Å². The fourth-order valence-electron chi connectivity index (χ4n) is 1.90. The number of thiazole rings is 1. The maximum absolute atomic E-state index is 5.54. The fourth-order valence-corrected chi connectivity index (χ4v) is 3.05. The van der Waals surface area contributed by atoms with E-state index in [1.807, 2.05) is 0 Å². The van der Waals surface area contributed by atoms with E-state index in [4.69, 9.17) is 18.0 Å². The van der Waals surface area contributed by atoms with Crippen molar-refractivity contribution in [2.24, 2.45) is 5.73 Å². The lowest BCUT2D eigenvalue weighted by Gasteiger charge is -2.02. The molecule has 0 fully saturated rings. The van der Waals surface area contributed by atoms with Crippen molar-refractivity contribution in [3.8, 4) is 0 Å². The van der Waals surface area contributed by atoms with Gasteiger partial charge in [-0.25, -0.2) is 15.0 Å². The predicted octanol–water partition coefficient (Wildman–Crippen LogP) is 1.80. The van der Waals surface area contributed by atoms with Gasteiger partial charge in [-0.15, -0.1) is 11.3 Å². The summed E-state index contributed by atoms with van der Waals surface area (Å²) in [6.45, 7) is 0. The van der Waals surface area contributed by atoms with Crippen LogP contribution >= 0.6 is 23.6 Å². The van der Waals surface area contributed by atoms with Gasteiger partial charge in [-0.05, 0) is 25.3 Å². The minimum atomic E-state index is 0.266. The van der Waals surface area contributed by atoms with Crippen LogP contribution in [-0.4, -0.2) is 19.9 Å². The van der Waals surface area contributed by atoms with Crippen LogP contribution in [-0.2, 0) is 12.8 Å². The maximum atomic E-state index is 5.54. The predicted molar refractivity (Wildman–Crippen MR) is 75.3 cm³/mol. The van der Waals surface area contributed by atoms with E-state index in [-0.39, 0.29) is 4.99 Å². The second-order valence-corrected chi connectivity index (χ2v) is 5.52. The van der Waals surface area contributed by atoms with Crippen molar-refractivity contribution in [3.05, 3.63) is 28.5 Å². The monoisotopic (exact) mass is 277 g/mol. The minimum Gasteiger partial charge on any atom is -0.388 e. The van der Waals surface area contributed by atoms with Crippen LogP contribution in [0.25, 0.3) is 0 Å². The number of hydrogen-bond donors (Lipinski definition) is 2. The van der Waals surface area contributed by atoms with E-state index < -0.39 is 0 Å². The molecule has 0 radical (unpaired) electrons. The Labute approximate surface area is 113 Å². The number of aryl methyl sites for hydroxylation is 2. The van der Waals surface area contributed by atoms with Gasteiger partial charge in [-0.3, -0.25) is 0 Å². The summed E-state index contributed by atoms with van der Waals surface area (Å²) in [6.07, 6.45) is 5.04. The number of hydrogen-bond acceptors (Lipinski definition) is 6. The third kappa shape index (κ3) is 2.19. The van der Waals surface area contributed by atoms with Crippen molar-refractivity contribution >= 4 is 39.6 Å². The lowest BCUT2D eigenvalue weighted by atomic mass is 10.4. The first kappa shape index (κ1) is 11.5. The van der Waals surface area contributed by atoms with Crippen LogP contribution in [0.5, 0.6) is 0 Å². The van der Waals surface area contributed by atoms with Crippen LogP contribution in [0.3, 0.4) is 0 Å². The van der Waals surface area contributed by atoms with Crippen molar-refractivity contribution in [2.45, 2.75) is 19.3 Å². The van der Waals surface area contributed by atoms with Gasteiger partial charge < -0.3 is 11.1 Å². The zero-order valence-corrected chi connectivity index (χ0v) is 11.1. The summed E-state index contributed by atoms with van der Waals surface area (Å²) >= 11 is 6.55. The van der Waals surface area contributed by atoms with E-state index in [1.54, 1.807) is 23.6 Å². The van der Waals surface area contributed by atoms with Crippen LogP contribution in [0, 0.1) is 0 Å². The molecule has 1 aliphatic carbocycles. The number of nitrogens with zero attached hydrogens (tertiary/aromatic N) is 3. The van der Waals surface area contributed by atoms with Crippen molar-refractivity contribution < 1.29 is 0 Å². The Morgan fingerprint density at radius 1 is 1.39 bits per heavy atom. The van der Waals surface area contributed by atoms with Crippen LogP contribution in [0.1, 0.15) is 22.7 Å². The molecule has 2 aromatic heterocycles. The normalized spacial score (nSPS) is 13.3. The van der Waals surface area contributed by atoms with Gasteiger partial charge in [-0.2, -0.15) is 0 Å². The van der Waals surface area contributed by atoms with Gasteiger partial charge in [0.2, 0.25) is 5.95 Å². The highest BCUT2D eigenvalue weighted by atomic mass is 32.1. The zero-order valence-electron chi connectivity index (χ0n) is 9.51. The summed E-state index contributed by atoms with van der Waals surface area (Å²) < 4.78 is 0. The zero-order chi connectivity index (χ0) is 12.5. The molecule has 3 rings (SSSR count). The lowest BCUT2D eigenvalue weighted by Crippen LogP contribution is -2.12. The molecular formula is C11H11N5S2. The molecular weight excluding hydrogens is 266 g/mol. The lowest BCUT2D eigenvalue weighted by molar-refractivity contribution is 0.900. The number of nitrogens with two attached hydrogens (primary N) is 1. The highest BCUT2D eigenvalue weighted by molar-refractivity contribution is 7.80. The standard InChI is InChI=1S/C11H11N5S2/c12-9(17)7-4-5-13-10(14-7)16-11-15-6-2-1-3-8(6)18-11/h4-5H,1-3H2,(H2,12,17)(H,13,14,15,16). The highest BCUT2D eigenvalue weighted by Crippen LogP contribution is 2.31. The average molecular weight is 277 g/mol. The Balaban J connectivity index is 1.83. The molecule has 0 amide bonds. The third-order valence-corrected chi connectivity index (χ3v) is 4.00. The van der Waals surface area contributed by atoms with Gasteiger partial charge >= 0.3 is 0 Å². The highest BCUT2D eigenvalue weighted by Gasteiger charge is 2.17.